The van der Waals surface area contributed by atoms with Crippen LogP contribution in [0.15, 0.2) is 0 Å². The van der Waals surface area contributed by atoms with Gasteiger partial charge < -0.3 is 5.11 Å². The molecule has 2 atom stereocenters. The van der Waals surface area contributed by atoms with Crippen molar-refractivity contribution < 1.29 is 9.90 Å². The highest BCUT2D eigenvalue weighted by atomic mass is 16.4. The SMILES string of the molecule is CC(C)CC1CCCCC1C(=O)O. The molecule has 1 N–H and O–H groups in total. The van der Waals surface area contributed by atoms with Gasteiger partial charge in [-0.1, -0.05) is 26.7 Å². The monoisotopic (exact) mass is 184 g/mol. The molecule has 0 aromatic heterocycles. The molecule has 0 bridgehead atoms. The van der Waals surface area contributed by atoms with Crippen molar-refractivity contribution in [2.24, 2.45) is 17.8 Å². The van der Waals surface area contributed by atoms with Gasteiger partial charge >= 0.3 is 5.97 Å². The Balaban J connectivity index is 2.51. The molecule has 0 amide bonds. The van der Waals surface area contributed by atoms with Crippen molar-refractivity contribution in [2.75, 3.05) is 0 Å². The Morgan fingerprint density at radius 3 is 2.54 bits per heavy atom. The Bertz CT molecular complexity index is 175. The van der Waals surface area contributed by atoms with Gasteiger partial charge in [0.2, 0.25) is 0 Å². The molecule has 0 heterocycles. The van der Waals surface area contributed by atoms with Crippen LogP contribution in [0.25, 0.3) is 0 Å². The molecule has 1 fully saturated rings. The molecular weight excluding hydrogens is 164 g/mol. The number of carbonyl (C=O) groups is 1. The van der Waals surface area contributed by atoms with Gasteiger partial charge in [-0.05, 0) is 31.1 Å². The van der Waals surface area contributed by atoms with Gasteiger partial charge in [0.25, 0.3) is 0 Å². The average Bonchev–Trinajstić information content (AvgIpc) is 2.03. The summed E-state index contributed by atoms with van der Waals surface area (Å²) in [4.78, 5) is 10.9. The Labute approximate surface area is 80.3 Å². The van der Waals surface area contributed by atoms with Crippen LogP contribution < -0.4 is 0 Å². The van der Waals surface area contributed by atoms with Gasteiger partial charge in [0.1, 0.15) is 0 Å². The van der Waals surface area contributed by atoms with Crippen LogP contribution in [-0.4, -0.2) is 11.1 Å². The topological polar surface area (TPSA) is 37.3 Å². The van der Waals surface area contributed by atoms with Crippen molar-refractivity contribution in [1.82, 2.24) is 0 Å². The summed E-state index contributed by atoms with van der Waals surface area (Å²) in [5, 5.41) is 9.02. The molecule has 2 nitrogen and oxygen atoms in total. The molecule has 0 spiro atoms. The summed E-state index contributed by atoms with van der Waals surface area (Å²) in [6.07, 6.45) is 5.42. The molecule has 0 radical (unpaired) electrons. The first-order valence-corrected chi connectivity index (χ1v) is 5.34. The van der Waals surface area contributed by atoms with E-state index in [-0.39, 0.29) is 5.92 Å². The third-order valence-electron chi connectivity index (χ3n) is 3.00. The number of aliphatic carboxylic acids is 1. The smallest absolute Gasteiger partial charge is 0.306 e. The van der Waals surface area contributed by atoms with Gasteiger partial charge in [0, 0.05) is 0 Å². The van der Waals surface area contributed by atoms with Gasteiger partial charge in [0.05, 0.1) is 5.92 Å². The van der Waals surface area contributed by atoms with E-state index in [9.17, 15) is 4.79 Å². The van der Waals surface area contributed by atoms with E-state index in [4.69, 9.17) is 5.11 Å². The van der Waals surface area contributed by atoms with Gasteiger partial charge in [-0.15, -0.1) is 0 Å². The fraction of sp³-hybridized carbons (Fsp3) is 0.909. The maximum atomic E-state index is 10.9. The standard InChI is InChI=1S/C11H20O2/c1-8(2)7-9-5-3-4-6-10(9)11(12)13/h8-10H,3-7H2,1-2H3,(H,12,13). The summed E-state index contributed by atoms with van der Waals surface area (Å²) in [5.41, 5.74) is 0. The van der Waals surface area contributed by atoms with Crippen LogP contribution in [0.2, 0.25) is 0 Å². The lowest BCUT2D eigenvalue weighted by Gasteiger charge is -2.29. The Morgan fingerprint density at radius 1 is 1.38 bits per heavy atom. The van der Waals surface area contributed by atoms with Crippen molar-refractivity contribution >= 4 is 5.97 Å². The molecule has 0 aliphatic heterocycles. The van der Waals surface area contributed by atoms with Crippen LogP contribution in [0.4, 0.5) is 0 Å². The van der Waals surface area contributed by atoms with E-state index in [0.717, 1.165) is 25.7 Å². The number of carboxylic acids is 1. The number of rotatable bonds is 3. The van der Waals surface area contributed by atoms with E-state index in [1.807, 2.05) is 0 Å². The molecule has 2 heteroatoms. The fourth-order valence-electron chi connectivity index (χ4n) is 2.42. The van der Waals surface area contributed by atoms with E-state index in [1.165, 1.54) is 6.42 Å². The summed E-state index contributed by atoms with van der Waals surface area (Å²) in [5.74, 6) is 0.428. The van der Waals surface area contributed by atoms with Crippen LogP contribution in [0.3, 0.4) is 0 Å². The molecular formula is C11H20O2. The molecule has 1 rings (SSSR count). The number of hydrogen-bond acceptors (Lipinski definition) is 1. The maximum Gasteiger partial charge on any atom is 0.306 e. The van der Waals surface area contributed by atoms with E-state index >= 15 is 0 Å². The van der Waals surface area contributed by atoms with Crippen LogP contribution >= 0.6 is 0 Å². The van der Waals surface area contributed by atoms with Crippen molar-refractivity contribution in [3.8, 4) is 0 Å². The lowest BCUT2D eigenvalue weighted by molar-refractivity contribution is -0.145. The minimum atomic E-state index is -0.578. The second-order valence-electron chi connectivity index (χ2n) is 4.62. The predicted molar refractivity (Wildman–Crippen MR) is 52.5 cm³/mol. The number of hydrogen-bond donors (Lipinski definition) is 1. The van der Waals surface area contributed by atoms with Gasteiger partial charge in [-0.2, -0.15) is 0 Å². The molecule has 0 saturated heterocycles. The average molecular weight is 184 g/mol. The zero-order valence-corrected chi connectivity index (χ0v) is 8.62. The Hall–Kier alpha value is -0.530. The van der Waals surface area contributed by atoms with E-state index in [1.54, 1.807) is 0 Å². The van der Waals surface area contributed by atoms with Crippen molar-refractivity contribution in [1.29, 1.82) is 0 Å². The number of carboxylic acid groups (broad SMARTS) is 1. The van der Waals surface area contributed by atoms with E-state index in [2.05, 4.69) is 13.8 Å². The molecule has 0 aromatic rings. The summed E-state index contributed by atoms with van der Waals surface area (Å²) < 4.78 is 0. The quantitative estimate of drug-likeness (QED) is 0.732. The minimum absolute atomic E-state index is 0.0591. The van der Waals surface area contributed by atoms with Crippen LogP contribution in [-0.2, 0) is 4.79 Å². The van der Waals surface area contributed by atoms with Crippen LogP contribution in [0.1, 0.15) is 46.0 Å². The van der Waals surface area contributed by atoms with E-state index < -0.39 is 5.97 Å². The lowest BCUT2D eigenvalue weighted by atomic mass is 9.75. The van der Waals surface area contributed by atoms with Crippen molar-refractivity contribution in [3.05, 3.63) is 0 Å². The highest BCUT2D eigenvalue weighted by Gasteiger charge is 2.30. The van der Waals surface area contributed by atoms with Gasteiger partial charge in [-0.25, -0.2) is 0 Å². The molecule has 1 saturated carbocycles. The maximum absolute atomic E-state index is 10.9. The first-order valence-electron chi connectivity index (χ1n) is 5.34. The zero-order chi connectivity index (χ0) is 9.84. The molecule has 76 valence electrons. The summed E-state index contributed by atoms with van der Waals surface area (Å²) >= 11 is 0. The first kappa shape index (κ1) is 10.6. The van der Waals surface area contributed by atoms with Crippen molar-refractivity contribution in [2.45, 2.75) is 46.0 Å². The predicted octanol–water partition coefficient (Wildman–Crippen LogP) is 2.92. The van der Waals surface area contributed by atoms with E-state index in [0.29, 0.717) is 11.8 Å². The Morgan fingerprint density at radius 2 is 2.00 bits per heavy atom. The highest BCUT2D eigenvalue weighted by molar-refractivity contribution is 5.70. The largest absolute Gasteiger partial charge is 0.481 e. The summed E-state index contributed by atoms with van der Waals surface area (Å²) in [6, 6.07) is 0. The molecule has 1 aliphatic rings. The zero-order valence-electron chi connectivity index (χ0n) is 8.62. The second-order valence-corrected chi connectivity index (χ2v) is 4.62. The molecule has 2 unspecified atom stereocenters. The first-order chi connectivity index (χ1) is 6.11. The molecule has 13 heavy (non-hydrogen) atoms. The van der Waals surface area contributed by atoms with Gasteiger partial charge in [-0.3, -0.25) is 4.79 Å². The summed E-state index contributed by atoms with van der Waals surface area (Å²) in [6.45, 7) is 4.35. The third-order valence-corrected chi connectivity index (χ3v) is 3.00. The second kappa shape index (κ2) is 4.64. The lowest BCUT2D eigenvalue weighted by Crippen LogP contribution is -2.27. The highest BCUT2D eigenvalue weighted by Crippen LogP contribution is 2.34. The Kier molecular flexibility index (Phi) is 3.76. The third kappa shape index (κ3) is 3.02. The fourth-order valence-corrected chi connectivity index (χ4v) is 2.42. The molecule has 0 aromatic carbocycles. The normalized spacial score (nSPS) is 29.2. The minimum Gasteiger partial charge on any atom is -0.481 e. The van der Waals surface area contributed by atoms with Crippen molar-refractivity contribution in [3.63, 3.8) is 0 Å². The van der Waals surface area contributed by atoms with Crippen LogP contribution in [0.5, 0.6) is 0 Å². The van der Waals surface area contributed by atoms with Crippen LogP contribution in [0, 0.1) is 17.8 Å². The molecule has 1 aliphatic carbocycles. The summed E-state index contributed by atoms with van der Waals surface area (Å²) in [7, 11) is 0. The van der Waals surface area contributed by atoms with Gasteiger partial charge in [0.15, 0.2) is 0 Å².